The van der Waals surface area contributed by atoms with Gasteiger partial charge in [0.1, 0.15) is 0 Å². The van der Waals surface area contributed by atoms with Gasteiger partial charge in [-0.1, -0.05) is 13.0 Å². The predicted molar refractivity (Wildman–Crippen MR) is 75.8 cm³/mol. The number of benzene rings is 1. The van der Waals surface area contributed by atoms with Crippen molar-refractivity contribution in [1.82, 2.24) is 9.62 Å². The quantitative estimate of drug-likeness (QED) is 0.907. The second-order valence-corrected chi connectivity index (χ2v) is 7.24. The second kappa shape index (κ2) is 5.44. The molecule has 6 heteroatoms. The largest absolute Gasteiger partial charge is 0.375 e. The van der Waals surface area contributed by atoms with Crippen molar-refractivity contribution in [3.63, 3.8) is 0 Å². The van der Waals surface area contributed by atoms with Crippen molar-refractivity contribution in [2.75, 3.05) is 19.7 Å². The van der Waals surface area contributed by atoms with E-state index in [1.165, 1.54) is 5.56 Å². The lowest BCUT2D eigenvalue weighted by Crippen LogP contribution is -2.45. The summed E-state index contributed by atoms with van der Waals surface area (Å²) in [6.45, 7) is 4.96. The van der Waals surface area contributed by atoms with Crippen LogP contribution in [0.5, 0.6) is 0 Å². The fourth-order valence-corrected chi connectivity index (χ4v) is 4.24. The Kier molecular flexibility index (Phi) is 3.81. The number of morpholine rings is 1. The van der Waals surface area contributed by atoms with Gasteiger partial charge in [-0.05, 0) is 29.7 Å². The van der Waals surface area contributed by atoms with E-state index in [1.54, 1.807) is 16.4 Å². The first kappa shape index (κ1) is 14.0. The Hall–Kier alpha value is -0.950. The zero-order valence-electron chi connectivity index (χ0n) is 11.6. The molecule has 1 N–H and O–H groups in total. The van der Waals surface area contributed by atoms with Crippen LogP contribution in [0, 0.1) is 0 Å². The Bertz CT molecular complexity index is 600. The first-order valence-corrected chi connectivity index (χ1v) is 8.49. The summed E-state index contributed by atoms with van der Waals surface area (Å²) < 4.78 is 32.5. The Labute approximate surface area is 120 Å². The summed E-state index contributed by atoms with van der Waals surface area (Å²) in [6.07, 6.45) is 0.842. The van der Waals surface area contributed by atoms with Gasteiger partial charge in [-0.25, -0.2) is 8.42 Å². The minimum atomic E-state index is -3.40. The molecule has 1 aromatic carbocycles. The molecule has 5 nitrogen and oxygen atoms in total. The molecule has 1 atom stereocenters. The third-order valence-electron chi connectivity index (χ3n) is 4.00. The van der Waals surface area contributed by atoms with Gasteiger partial charge in [-0.15, -0.1) is 0 Å². The maximum Gasteiger partial charge on any atom is 0.243 e. The topological polar surface area (TPSA) is 58.6 Å². The Morgan fingerprint density at radius 2 is 2.15 bits per heavy atom. The van der Waals surface area contributed by atoms with Crippen molar-refractivity contribution in [3.8, 4) is 0 Å². The highest BCUT2D eigenvalue weighted by atomic mass is 32.2. The van der Waals surface area contributed by atoms with Crippen LogP contribution in [0.2, 0.25) is 0 Å². The van der Waals surface area contributed by atoms with E-state index in [4.69, 9.17) is 4.74 Å². The summed E-state index contributed by atoms with van der Waals surface area (Å²) in [5.41, 5.74) is 2.28. The van der Waals surface area contributed by atoms with Crippen molar-refractivity contribution in [1.29, 1.82) is 0 Å². The molecule has 0 aromatic heterocycles. The lowest BCUT2D eigenvalue weighted by Gasteiger charge is -2.31. The van der Waals surface area contributed by atoms with Crippen LogP contribution in [-0.2, 0) is 27.8 Å². The van der Waals surface area contributed by atoms with E-state index in [-0.39, 0.29) is 6.10 Å². The molecule has 110 valence electrons. The van der Waals surface area contributed by atoms with Crippen molar-refractivity contribution >= 4 is 10.0 Å². The highest BCUT2D eigenvalue weighted by molar-refractivity contribution is 7.89. The molecule has 1 saturated heterocycles. The third kappa shape index (κ3) is 2.48. The van der Waals surface area contributed by atoms with E-state index >= 15 is 0 Å². The lowest BCUT2D eigenvalue weighted by molar-refractivity contribution is -0.00277. The molecule has 3 rings (SSSR count). The molecule has 1 unspecified atom stereocenters. The van der Waals surface area contributed by atoms with Gasteiger partial charge < -0.3 is 10.1 Å². The number of sulfonamides is 1. The number of nitrogens with one attached hydrogen (secondary N) is 1. The van der Waals surface area contributed by atoms with Crippen LogP contribution in [-0.4, -0.2) is 38.5 Å². The standard InChI is InChI=1S/C14H20N2O3S/c1-2-13-10-16(5-6-19-13)20(17,18)14-4-3-11-8-15-9-12(11)7-14/h3-4,7,13,15H,2,5-6,8-10H2,1H3. The second-order valence-electron chi connectivity index (χ2n) is 5.30. The summed E-state index contributed by atoms with van der Waals surface area (Å²) in [5.74, 6) is 0. The minimum Gasteiger partial charge on any atom is -0.375 e. The van der Waals surface area contributed by atoms with Gasteiger partial charge in [-0.3, -0.25) is 0 Å². The van der Waals surface area contributed by atoms with Crippen LogP contribution in [0.1, 0.15) is 24.5 Å². The van der Waals surface area contributed by atoms with E-state index in [0.717, 1.165) is 25.1 Å². The molecule has 20 heavy (non-hydrogen) atoms. The molecule has 0 bridgehead atoms. The molecular formula is C14H20N2O3S. The van der Waals surface area contributed by atoms with Gasteiger partial charge in [-0.2, -0.15) is 4.31 Å². The Balaban J connectivity index is 1.87. The van der Waals surface area contributed by atoms with Crippen molar-refractivity contribution < 1.29 is 13.2 Å². The van der Waals surface area contributed by atoms with E-state index < -0.39 is 10.0 Å². The van der Waals surface area contributed by atoms with Crippen LogP contribution in [0.25, 0.3) is 0 Å². The van der Waals surface area contributed by atoms with Gasteiger partial charge in [0.15, 0.2) is 0 Å². The first-order valence-electron chi connectivity index (χ1n) is 7.05. The van der Waals surface area contributed by atoms with Gasteiger partial charge in [0.25, 0.3) is 0 Å². The number of fused-ring (bicyclic) bond motifs is 1. The number of nitrogens with zero attached hydrogens (tertiary/aromatic N) is 1. The molecule has 1 aromatic rings. The Morgan fingerprint density at radius 1 is 1.35 bits per heavy atom. The summed E-state index contributed by atoms with van der Waals surface area (Å²) in [6, 6.07) is 5.44. The summed E-state index contributed by atoms with van der Waals surface area (Å²) >= 11 is 0. The van der Waals surface area contributed by atoms with E-state index in [1.807, 2.05) is 13.0 Å². The van der Waals surface area contributed by atoms with Crippen LogP contribution < -0.4 is 5.32 Å². The molecule has 1 fully saturated rings. The van der Waals surface area contributed by atoms with Crippen molar-refractivity contribution in [2.24, 2.45) is 0 Å². The maximum atomic E-state index is 12.7. The summed E-state index contributed by atoms with van der Waals surface area (Å²) in [5, 5.41) is 3.23. The third-order valence-corrected chi connectivity index (χ3v) is 5.86. The molecule has 2 aliphatic heterocycles. The van der Waals surface area contributed by atoms with Gasteiger partial charge in [0.05, 0.1) is 17.6 Å². The zero-order valence-corrected chi connectivity index (χ0v) is 12.4. The smallest absolute Gasteiger partial charge is 0.243 e. The number of hydrogen-bond acceptors (Lipinski definition) is 4. The molecule has 0 saturated carbocycles. The molecule has 0 radical (unpaired) electrons. The molecule has 0 spiro atoms. The number of rotatable bonds is 3. The molecule has 2 aliphatic rings. The summed E-state index contributed by atoms with van der Waals surface area (Å²) in [4.78, 5) is 0.400. The SMILES string of the molecule is CCC1CN(S(=O)(=O)c2ccc3c(c2)CNC3)CCO1. The average Bonchev–Trinajstić information content (AvgIpc) is 2.94. The van der Waals surface area contributed by atoms with Crippen molar-refractivity contribution in [2.45, 2.75) is 37.4 Å². The zero-order chi connectivity index (χ0) is 14.2. The van der Waals surface area contributed by atoms with Crippen LogP contribution in [0.3, 0.4) is 0 Å². The summed E-state index contributed by atoms with van der Waals surface area (Å²) in [7, 11) is -3.40. The van der Waals surface area contributed by atoms with Gasteiger partial charge >= 0.3 is 0 Å². The highest BCUT2D eigenvalue weighted by Crippen LogP contribution is 2.24. The fraction of sp³-hybridized carbons (Fsp3) is 0.571. The highest BCUT2D eigenvalue weighted by Gasteiger charge is 2.30. The van der Waals surface area contributed by atoms with E-state index in [0.29, 0.717) is 24.6 Å². The van der Waals surface area contributed by atoms with E-state index in [2.05, 4.69) is 5.32 Å². The average molecular weight is 296 g/mol. The fourth-order valence-electron chi connectivity index (χ4n) is 2.74. The molecule has 2 heterocycles. The van der Waals surface area contributed by atoms with Crippen LogP contribution in [0.15, 0.2) is 23.1 Å². The van der Waals surface area contributed by atoms with Crippen LogP contribution in [0.4, 0.5) is 0 Å². The predicted octanol–water partition coefficient (Wildman–Crippen LogP) is 1.09. The maximum absolute atomic E-state index is 12.7. The number of hydrogen-bond donors (Lipinski definition) is 1. The van der Waals surface area contributed by atoms with Gasteiger partial charge in [0, 0.05) is 26.2 Å². The molecule has 0 aliphatic carbocycles. The van der Waals surface area contributed by atoms with Crippen LogP contribution >= 0.6 is 0 Å². The van der Waals surface area contributed by atoms with E-state index in [9.17, 15) is 8.42 Å². The van der Waals surface area contributed by atoms with Crippen molar-refractivity contribution in [3.05, 3.63) is 29.3 Å². The first-order chi connectivity index (χ1) is 9.61. The number of ether oxygens (including phenoxy) is 1. The minimum absolute atomic E-state index is 0.00891. The molecular weight excluding hydrogens is 276 g/mol. The monoisotopic (exact) mass is 296 g/mol. The normalized spacial score (nSPS) is 23.8. The molecule has 0 amide bonds. The lowest BCUT2D eigenvalue weighted by atomic mass is 10.1. The Morgan fingerprint density at radius 3 is 2.95 bits per heavy atom. The van der Waals surface area contributed by atoms with Gasteiger partial charge in [0.2, 0.25) is 10.0 Å².